The number of nitrogen functional groups attached to an aromatic ring is 1. The third kappa shape index (κ3) is 4.66. The number of aromatic nitrogens is 1. The first kappa shape index (κ1) is 19.4. The first-order valence-corrected chi connectivity index (χ1v) is 9.30. The predicted molar refractivity (Wildman–Crippen MR) is 110 cm³/mol. The fraction of sp³-hybridized carbons (Fsp3) is 0.150. The van der Waals surface area contributed by atoms with E-state index in [2.05, 4.69) is 15.5 Å². The number of carbonyl (C=O) groups excluding carboxylic acids is 1. The van der Waals surface area contributed by atoms with Crippen LogP contribution < -0.4 is 20.6 Å². The minimum Gasteiger partial charge on any atom is -0.493 e. The molecule has 2 aromatic carbocycles. The molecule has 0 spiro atoms. The Morgan fingerprint density at radius 1 is 1.25 bits per heavy atom. The van der Waals surface area contributed by atoms with Crippen LogP contribution in [0.4, 0.5) is 5.13 Å². The Morgan fingerprint density at radius 2 is 2.04 bits per heavy atom. The maximum Gasteiger partial charge on any atom is 0.283 e. The molecule has 8 heteroatoms. The summed E-state index contributed by atoms with van der Waals surface area (Å²) in [5.74, 6) is 0.764. The lowest BCUT2D eigenvalue weighted by atomic mass is 10.2. The number of ether oxygens (including phenoxy) is 2. The smallest absolute Gasteiger partial charge is 0.283 e. The number of hydrazone groups is 1. The number of rotatable bonds is 7. The van der Waals surface area contributed by atoms with Crippen molar-refractivity contribution in [3.05, 3.63) is 70.2 Å². The molecule has 0 bridgehead atoms. The molecule has 144 valence electrons. The standard InChI is InChI=1S/C20H20N4O3S/c1-13-18(28-20(21)23-13)19(25)24-22-11-15-9-6-10-16(26-2)17(15)27-12-14-7-4-3-5-8-14/h3-11H,12H2,1-2H3,(H2,21,23)(H,24,25)/b22-11+. The molecule has 0 fully saturated rings. The van der Waals surface area contributed by atoms with Crippen LogP contribution in [-0.2, 0) is 6.61 Å². The number of hydrogen-bond acceptors (Lipinski definition) is 7. The average Bonchev–Trinajstić information content (AvgIpc) is 3.05. The van der Waals surface area contributed by atoms with Crippen LogP contribution in [0.1, 0.15) is 26.5 Å². The van der Waals surface area contributed by atoms with E-state index >= 15 is 0 Å². The van der Waals surface area contributed by atoms with Gasteiger partial charge in [0, 0.05) is 5.56 Å². The van der Waals surface area contributed by atoms with Gasteiger partial charge in [0.15, 0.2) is 16.6 Å². The number of hydrogen-bond donors (Lipinski definition) is 2. The monoisotopic (exact) mass is 396 g/mol. The molecule has 1 heterocycles. The van der Waals surface area contributed by atoms with E-state index in [4.69, 9.17) is 15.2 Å². The summed E-state index contributed by atoms with van der Waals surface area (Å²) in [5, 5.41) is 4.38. The Morgan fingerprint density at radius 3 is 2.71 bits per heavy atom. The van der Waals surface area contributed by atoms with Gasteiger partial charge in [0.2, 0.25) is 0 Å². The van der Waals surface area contributed by atoms with Crippen molar-refractivity contribution in [3.63, 3.8) is 0 Å². The third-order valence-corrected chi connectivity index (χ3v) is 4.83. The van der Waals surface area contributed by atoms with E-state index in [1.54, 1.807) is 20.1 Å². The highest BCUT2D eigenvalue weighted by molar-refractivity contribution is 7.17. The van der Waals surface area contributed by atoms with Crippen molar-refractivity contribution in [1.29, 1.82) is 0 Å². The van der Waals surface area contributed by atoms with Crippen LogP contribution in [0.3, 0.4) is 0 Å². The largest absolute Gasteiger partial charge is 0.493 e. The highest BCUT2D eigenvalue weighted by atomic mass is 32.1. The number of amides is 1. The Labute approximate surface area is 166 Å². The molecule has 0 aliphatic rings. The summed E-state index contributed by atoms with van der Waals surface area (Å²) in [6.07, 6.45) is 1.51. The molecular formula is C20H20N4O3S. The van der Waals surface area contributed by atoms with Crippen molar-refractivity contribution in [2.24, 2.45) is 5.10 Å². The number of methoxy groups -OCH3 is 1. The van der Waals surface area contributed by atoms with Crippen LogP contribution in [-0.4, -0.2) is 24.2 Å². The van der Waals surface area contributed by atoms with Gasteiger partial charge in [0.25, 0.3) is 5.91 Å². The number of thiazole rings is 1. The molecule has 3 N–H and O–H groups in total. The van der Waals surface area contributed by atoms with E-state index in [1.165, 1.54) is 6.21 Å². The number of aryl methyl sites for hydroxylation is 1. The van der Waals surface area contributed by atoms with Gasteiger partial charge in [-0.15, -0.1) is 0 Å². The van der Waals surface area contributed by atoms with Gasteiger partial charge in [0.05, 0.1) is 19.0 Å². The van der Waals surface area contributed by atoms with Gasteiger partial charge >= 0.3 is 0 Å². The Kier molecular flexibility index (Phi) is 6.23. The van der Waals surface area contributed by atoms with E-state index in [1.807, 2.05) is 42.5 Å². The molecule has 0 aliphatic carbocycles. The zero-order valence-corrected chi connectivity index (χ0v) is 16.3. The van der Waals surface area contributed by atoms with Crippen LogP contribution in [0, 0.1) is 6.92 Å². The second kappa shape index (κ2) is 9.01. The van der Waals surface area contributed by atoms with Crippen molar-refractivity contribution < 1.29 is 14.3 Å². The summed E-state index contributed by atoms with van der Waals surface area (Å²) in [6.45, 7) is 2.11. The molecule has 0 saturated carbocycles. The molecule has 1 aromatic heterocycles. The quantitative estimate of drug-likeness (QED) is 0.471. The first-order chi connectivity index (χ1) is 13.6. The molecule has 1 amide bonds. The molecule has 0 aliphatic heterocycles. The van der Waals surface area contributed by atoms with Crippen molar-refractivity contribution in [2.45, 2.75) is 13.5 Å². The third-order valence-electron chi connectivity index (χ3n) is 3.84. The Balaban J connectivity index is 1.74. The Bertz CT molecular complexity index is 986. The van der Waals surface area contributed by atoms with Gasteiger partial charge in [-0.05, 0) is 24.6 Å². The summed E-state index contributed by atoms with van der Waals surface area (Å²) >= 11 is 1.12. The molecule has 28 heavy (non-hydrogen) atoms. The van der Waals surface area contributed by atoms with E-state index in [0.29, 0.717) is 39.4 Å². The lowest BCUT2D eigenvalue weighted by Gasteiger charge is -2.13. The summed E-state index contributed by atoms with van der Waals surface area (Å²) in [5.41, 5.74) is 10.4. The van der Waals surface area contributed by atoms with Crippen LogP contribution in [0.15, 0.2) is 53.6 Å². The van der Waals surface area contributed by atoms with Gasteiger partial charge in [-0.3, -0.25) is 4.79 Å². The normalized spacial score (nSPS) is 10.8. The predicted octanol–water partition coefficient (Wildman–Crippen LogP) is 3.39. The fourth-order valence-electron chi connectivity index (χ4n) is 2.52. The summed E-state index contributed by atoms with van der Waals surface area (Å²) in [6, 6.07) is 15.3. The molecule has 0 radical (unpaired) electrons. The van der Waals surface area contributed by atoms with Crippen LogP contribution in [0.5, 0.6) is 11.5 Å². The molecule has 3 rings (SSSR count). The van der Waals surface area contributed by atoms with Gasteiger partial charge in [-0.2, -0.15) is 5.10 Å². The molecule has 3 aromatic rings. The number of nitrogens with one attached hydrogen (secondary N) is 1. The zero-order valence-electron chi connectivity index (χ0n) is 15.5. The minimum atomic E-state index is -0.363. The summed E-state index contributed by atoms with van der Waals surface area (Å²) in [7, 11) is 1.57. The Hall–Kier alpha value is -3.39. The molecule has 0 unspecified atom stereocenters. The lowest BCUT2D eigenvalue weighted by Crippen LogP contribution is -2.17. The van der Waals surface area contributed by atoms with Crippen molar-refractivity contribution in [1.82, 2.24) is 10.4 Å². The number of benzene rings is 2. The maximum atomic E-state index is 12.2. The first-order valence-electron chi connectivity index (χ1n) is 8.48. The van der Waals surface area contributed by atoms with E-state index in [0.717, 1.165) is 16.9 Å². The van der Waals surface area contributed by atoms with Crippen molar-refractivity contribution in [3.8, 4) is 11.5 Å². The topological polar surface area (TPSA) is 98.8 Å². The number of para-hydroxylation sites is 1. The molecule has 0 atom stereocenters. The second-order valence-electron chi connectivity index (χ2n) is 5.82. The number of carbonyl (C=O) groups is 1. The molecular weight excluding hydrogens is 376 g/mol. The van der Waals surface area contributed by atoms with Gasteiger partial charge in [-0.1, -0.05) is 47.7 Å². The van der Waals surface area contributed by atoms with Crippen molar-refractivity contribution in [2.75, 3.05) is 12.8 Å². The van der Waals surface area contributed by atoms with Crippen molar-refractivity contribution >= 4 is 28.6 Å². The van der Waals surface area contributed by atoms with Crippen LogP contribution in [0.25, 0.3) is 0 Å². The summed E-state index contributed by atoms with van der Waals surface area (Å²) < 4.78 is 11.4. The number of anilines is 1. The average molecular weight is 396 g/mol. The second-order valence-corrected chi connectivity index (χ2v) is 6.85. The van der Waals surface area contributed by atoms with Gasteiger partial charge in [-0.25, -0.2) is 10.4 Å². The number of nitrogens with zero attached hydrogens (tertiary/aromatic N) is 2. The molecule has 0 saturated heterocycles. The lowest BCUT2D eigenvalue weighted by molar-refractivity contribution is 0.0958. The minimum absolute atomic E-state index is 0.344. The van der Waals surface area contributed by atoms with E-state index < -0.39 is 0 Å². The summed E-state index contributed by atoms with van der Waals surface area (Å²) in [4.78, 5) is 16.7. The van der Waals surface area contributed by atoms with Gasteiger partial charge in [0.1, 0.15) is 11.5 Å². The van der Waals surface area contributed by atoms with Gasteiger partial charge < -0.3 is 15.2 Å². The number of nitrogens with two attached hydrogens (primary N) is 1. The fourth-order valence-corrected chi connectivity index (χ4v) is 3.24. The highest BCUT2D eigenvalue weighted by Crippen LogP contribution is 2.30. The van der Waals surface area contributed by atoms with Crippen LogP contribution in [0.2, 0.25) is 0 Å². The SMILES string of the molecule is COc1cccc(/C=N/NC(=O)c2sc(N)nc2C)c1OCc1ccccc1. The molecule has 7 nitrogen and oxygen atoms in total. The van der Waals surface area contributed by atoms with Crippen LogP contribution >= 0.6 is 11.3 Å². The highest BCUT2D eigenvalue weighted by Gasteiger charge is 2.14. The van der Waals surface area contributed by atoms with E-state index in [9.17, 15) is 4.79 Å². The van der Waals surface area contributed by atoms with E-state index in [-0.39, 0.29) is 5.91 Å². The zero-order chi connectivity index (χ0) is 19.9. The maximum absolute atomic E-state index is 12.2.